The number of hydrogen-bond donors (Lipinski definition) is 1. The summed E-state index contributed by atoms with van der Waals surface area (Å²) in [4.78, 5) is 12.4. The summed E-state index contributed by atoms with van der Waals surface area (Å²) in [7, 11) is 0. The van der Waals surface area contributed by atoms with E-state index in [0.717, 1.165) is 17.0 Å². The number of amides is 1. The molecule has 6 heteroatoms. The van der Waals surface area contributed by atoms with E-state index in [9.17, 15) is 13.6 Å². The van der Waals surface area contributed by atoms with Crippen molar-refractivity contribution in [3.8, 4) is 0 Å². The molecule has 0 saturated heterocycles. The van der Waals surface area contributed by atoms with Crippen molar-refractivity contribution in [2.24, 2.45) is 5.10 Å². The molecule has 0 fully saturated rings. The molecule has 1 aromatic heterocycles. The van der Waals surface area contributed by atoms with Gasteiger partial charge in [0.25, 0.3) is 0 Å². The van der Waals surface area contributed by atoms with E-state index in [2.05, 4.69) is 10.5 Å². The Morgan fingerprint density at radius 3 is 2.84 bits per heavy atom. The molecular weight excluding hydrogens is 270 g/mol. The number of carbonyl (C=O) groups excluding carboxylic acids is 1. The molecule has 2 aromatic rings. The Balaban J connectivity index is 1.89. The summed E-state index contributed by atoms with van der Waals surface area (Å²) in [6, 6.07) is 7.09. The summed E-state index contributed by atoms with van der Waals surface area (Å²) in [6.45, 7) is 0. The summed E-state index contributed by atoms with van der Waals surface area (Å²) in [6.07, 6.45) is 1.50. The molecule has 0 bridgehead atoms. The van der Waals surface area contributed by atoms with E-state index >= 15 is 0 Å². The lowest BCUT2D eigenvalue weighted by Gasteiger charge is -1.98. The fourth-order valence-corrected chi connectivity index (χ4v) is 2.09. The van der Waals surface area contributed by atoms with E-state index in [4.69, 9.17) is 0 Å². The van der Waals surface area contributed by atoms with Crippen LogP contribution in [0.3, 0.4) is 0 Å². The van der Waals surface area contributed by atoms with E-state index in [1.165, 1.54) is 23.6 Å². The molecule has 19 heavy (non-hydrogen) atoms. The van der Waals surface area contributed by atoms with E-state index in [1.807, 2.05) is 17.5 Å². The van der Waals surface area contributed by atoms with Crippen LogP contribution in [-0.2, 0) is 11.2 Å². The standard InChI is InChI=1S/C13H10F2N2OS/c14-11-4-3-9(6-12(11)15)8-16-17-13(18)7-10-2-1-5-19-10/h1-6,8H,7H2,(H,17,18)/b16-8+. The number of hydrogen-bond acceptors (Lipinski definition) is 3. The van der Waals surface area contributed by atoms with Crippen LogP contribution >= 0.6 is 11.3 Å². The summed E-state index contributed by atoms with van der Waals surface area (Å²) in [5.41, 5.74) is 2.70. The zero-order chi connectivity index (χ0) is 13.7. The number of carbonyl (C=O) groups is 1. The second kappa shape index (κ2) is 6.19. The maximum Gasteiger partial charge on any atom is 0.245 e. The predicted molar refractivity (Wildman–Crippen MR) is 70.1 cm³/mol. The number of benzene rings is 1. The number of hydrazone groups is 1. The summed E-state index contributed by atoms with van der Waals surface area (Å²) >= 11 is 1.48. The minimum absolute atomic E-state index is 0.243. The number of nitrogens with one attached hydrogen (secondary N) is 1. The van der Waals surface area contributed by atoms with Crippen molar-refractivity contribution in [3.05, 3.63) is 57.8 Å². The third-order valence-electron chi connectivity index (χ3n) is 2.26. The number of halogens is 2. The Hall–Kier alpha value is -2.08. The van der Waals surface area contributed by atoms with Crippen molar-refractivity contribution >= 4 is 23.5 Å². The monoisotopic (exact) mass is 280 g/mol. The highest BCUT2D eigenvalue weighted by Crippen LogP contribution is 2.09. The summed E-state index contributed by atoms with van der Waals surface area (Å²) < 4.78 is 25.6. The van der Waals surface area contributed by atoms with Crippen molar-refractivity contribution in [1.29, 1.82) is 0 Å². The van der Waals surface area contributed by atoms with Gasteiger partial charge in [-0.2, -0.15) is 5.10 Å². The third kappa shape index (κ3) is 3.96. The Morgan fingerprint density at radius 2 is 2.16 bits per heavy atom. The topological polar surface area (TPSA) is 41.5 Å². The highest BCUT2D eigenvalue weighted by molar-refractivity contribution is 7.10. The van der Waals surface area contributed by atoms with Crippen LogP contribution in [0.1, 0.15) is 10.4 Å². The molecule has 0 aliphatic carbocycles. The number of nitrogens with zero attached hydrogens (tertiary/aromatic N) is 1. The van der Waals surface area contributed by atoms with Crippen LogP contribution in [0, 0.1) is 11.6 Å². The van der Waals surface area contributed by atoms with Crippen molar-refractivity contribution in [1.82, 2.24) is 5.43 Å². The van der Waals surface area contributed by atoms with Crippen LogP contribution in [0.15, 0.2) is 40.8 Å². The molecule has 98 valence electrons. The van der Waals surface area contributed by atoms with Gasteiger partial charge in [-0.05, 0) is 29.1 Å². The van der Waals surface area contributed by atoms with Gasteiger partial charge < -0.3 is 0 Å². The van der Waals surface area contributed by atoms with Crippen LogP contribution in [0.25, 0.3) is 0 Å². The molecule has 1 aromatic carbocycles. The molecule has 1 amide bonds. The number of thiophene rings is 1. The highest BCUT2D eigenvalue weighted by Gasteiger charge is 2.03. The lowest BCUT2D eigenvalue weighted by molar-refractivity contribution is -0.120. The Kier molecular flexibility index (Phi) is 4.35. The number of rotatable bonds is 4. The average molecular weight is 280 g/mol. The van der Waals surface area contributed by atoms with Crippen molar-refractivity contribution in [2.75, 3.05) is 0 Å². The molecule has 0 aliphatic heterocycles. The normalized spacial score (nSPS) is 10.8. The fourth-order valence-electron chi connectivity index (χ4n) is 1.38. The molecule has 0 saturated carbocycles. The Morgan fingerprint density at radius 1 is 1.32 bits per heavy atom. The molecule has 1 heterocycles. The summed E-state index contributed by atoms with van der Waals surface area (Å²) in [5, 5.41) is 5.57. The van der Waals surface area contributed by atoms with E-state index in [0.29, 0.717) is 5.56 Å². The van der Waals surface area contributed by atoms with Gasteiger partial charge in [0, 0.05) is 4.88 Å². The second-order valence-electron chi connectivity index (χ2n) is 3.72. The lowest BCUT2D eigenvalue weighted by atomic mass is 10.2. The zero-order valence-corrected chi connectivity index (χ0v) is 10.6. The smallest absolute Gasteiger partial charge is 0.245 e. The predicted octanol–water partition coefficient (Wildman–Crippen LogP) is 2.72. The van der Waals surface area contributed by atoms with Gasteiger partial charge in [-0.25, -0.2) is 14.2 Å². The first-order valence-corrected chi connectivity index (χ1v) is 6.32. The maximum absolute atomic E-state index is 12.9. The molecule has 0 unspecified atom stereocenters. The Labute approximate surface area is 112 Å². The third-order valence-corrected chi connectivity index (χ3v) is 3.14. The molecule has 0 aliphatic rings. The largest absolute Gasteiger partial charge is 0.273 e. The van der Waals surface area contributed by atoms with Gasteiger partial charge in [-0.3, -0.25) is 4.79 Å². The van der Waals surface area contributed by atoms with Crippen LogP contribution in [0.5, 0.6) is 0 Å². The van der Waals surface area contributed by atoms with E-state index in [1.54, 1.807) is 0 Å². The van der Waals surface area contributed by atoms with Gasteiger partial charge in [-0.15, -0.1) is 11.3 Å². The van der Waals surface area contributed by atoms with Gasteiger partial charge in [0.1, 0.15) is 0 Å². The summed E-state index contributed by atoms with van der Waals surface area (Å²) in [5.74, 6) is -2.13. The molecule has 0 radical (unpaired) electrons. The van der Waals surface area contributed by atoms with Crippen molar-refractivity contribution < 1.29 is 13.6 Å². The quantitative estimate of drug-likeness (QED) is 0.679. The molecular formula is C13H10F2N2OS. The first-order chi connectivity index (χ1) is 9.15. The molecule has 1 N–H and O–H groups in total. The van der Waals surface area contributed by atoms with Crippen LogP contribution in [0.4, 0.5) is 8.78 Å². The van der Waals surface area contributed by atoms with Gasteiger partial charge in [0.2, 0.25) is 5.91 Å². The van der Waals surface area contributed by atoms with Gasteiger partial charge in [-0.1, -0.05) is 12.1 Å². The maximum atomic E-state index is 12.9. The molecule has 2 rings (SSSR count). The van der Waals surface area contributed by atoms with Gasteiger partial charge >= 0.3 is 0 Å². The van der Waals surface area contributed by atoms with E-state index < -0.39 is 11.6 Å². The SMILES string of the molecule is O=C(Cc1cccs1)N/N=C/c1ccc(F)c(F)c1. The minimum Gasteiger partial charge on any atom is -0.273 e. The van der Waals surface area contributed by atoms with Crippen molar-refractivity contribution in [3.63, 3.8) is 0 Å². The van der Waals surface area contributed by atoms with E-state index in [-0.39, 0.29) is 12.3 Å². The van der Waals surface area contributed by atoms with Crippen LogP contribution in [-0.4, -0.2) is 12.1 Å². The molecule has 3 nitrogen and oxygen atoms in total. The highest BCUT2D eigenvalue weighted by atomic mass is 32.1. The first-order valence-electron chi connectivity index (χ1n) is 5.44. The molecule has 0 spiro atoms. The fraction of sp³-hybridized carbons (Fsp3) is 0.0769. The van der Waals surface area contributed by atoms with Crippen molar-refractivity contribution in [2.45, 2.75) is 6.42 Å². The van der Waals surface area contributed by atoms with Gasteiger partial charge in [0.05, 0.1) is 12.6 Å². The minimum atomic E-state index is -0.950. The zero-order valence-electron chi connectivity index (χ0n) is 9.77. The first kappa shape index (κ1) is 13.4. The van der Waals surface area contributed by atoms with Crippen LogP contribution in [0.2, 0.25) is 0 Å². The average Bonchev–Trinajstić information content (AvgIpc) is 2.86. The second-order valence-corrected chi connectivity index (χ2v) is 4.76. The van der Waals surface area contributed by atoms with Gasteiger partial charge in [0.15, 0.2) is 11.6 Å². The lowest BCUT2D eigenvalue weighted by Crippen LogP contribution is -2.19. The Bertz CT molecular complexity index is 597. The molecule has 0 atom stereocenters. The van der Waals surface area contributed by atoms with Crippen LogP contribution < -0.4 is 5.43 Å².